The van der Waals surface area contributed by atoms with Crippen molar-refractivity contribution < 1.29 is 0 Å². The number of aryl methyl sites for hydroxylation is 1. The molecule has 3 rings (SSSR count). The third kappa shape index (κ3) is 2.77. The van der Waals surface area contributed by atoms with E-state index in [-0.39, 0.29) is 0 Å². The van der Waals surface area contributed by atoms with E-state index in [1.54, 1.807) is 0 Å². The van der Waals surface area contributed by atoms with Crippen molar-refractivity contribution in [1.29, 1.82) is 0 Å². The molecular weight excluding hydrogens is 315 g/mol. The molecule has 0 fully saturated rings. The Labute approximate surface area is 140 Å². The summed E-state index contributed by atoms with van der Waals surface area (Å²) in [7, 11) is 0. The summed E-state index contributed by atoms with van der Waals surface area (Å²) >= 11 is 12.0. The zero-order valence-corrected chi connectivity index (χ0v) is 14.0. The van der Waals surface area contributed by atoms with Crippen molar-refractivity contribution in [3.05, 3.63) is 70.0 Å². The minimum atomic E-state index is 0.724. The van der Waals surface area contributed by atoms with Gasteiger partial charge in [0.2, 0.25) is 0 Å². The average molecular weight is 331 g/mol. The second-order valence-electron chi connectivity index (χ2n) is 5.16. The molecule has 0 aliphatic carbocycles. The lowest BCUT2D eigenvalue weighted by Gasteiger charge is -2.06. The van der Waals surface area contributed by atoms with Crippen molar-refractivity contribution in [2.24, 2.45) is 0 Å². The first kappa shape index (κ1) is 15.1. The first-order valence-electron chi connectivity index (χ1n) is 7.20. The summed E-state index contributed by atoms with van der Waals surface area (Å²) in [5.74, 6) is 0. The second-order valence-corrected chi connectivity index (χ2v) is 6.03. The molecule has 0 radical (unpaired) electrons. The van der Waals surface area contributed by atoms with Crippen molar-refractivity contribution in [3.8, 4) is 16.8 Å². The van der Waals surface area contributed by atoms with Gasteiger partial charge < -0.3 is 0 Å². The van der Waals surface area contributed by atoms with Gasteiger partial charge in [0.25, 0.3) is 0 Å². The normalized spacial score (nSPS) is 10.9. The second kappa shape index (κ2) is 6.15. The standard InChI is InChI=1S/C18H16Cl2N2/c1-3-17-18(13-4-6-14(19)7-5-13)12(2)22(21-17)16-10-8-15(20)9-11-16/h4-11H,3H2,1-2H3. The molecule has 0 amide bonds. The van der Waals surface area contributed by atoms with E-state index in [4.69, 9.17) is 28.3 Å². The molecule has 0 saturated heterocycles. The van der Waals surface area contributed by atoms with E-state index in [0.29, 0.717) is 0 Å². The predicted octanol–water partition coefficient (Wildman–Crippen LogP) is 5.72. The molecular formula is C18H16Cl2N2. The van der Waals surface area contributed by atoms with Crippen LogP contribution in [0.15, 0.2) is 48.5 Å². The van der Waals surface area contributed by atoms with Crippen LogP contribution in [0.1, 0.15) is 18.3 Å². The molecule has 0 N–H and O–H groups in total. The van der Waals surface area contributed by atoms with E-state index in [1.807, 2.05) is 53.2 Å². The lowest BCUT2D eigenvalue weighted by Crippen LogP contribution is -1.99. The molecule has 4 heteroatoms. The highest BCUT2D eigenvalue weighted by atomic mass is 35.5. The van der Waals surface area contributed by atoms with Crippen LogP contribution < -0.4 is 0 Å². The molecule has 0 unspecified atom stereocenters. The van der Waals surface area contributed by atoms with Gasteiger partial charge in [-0.05, 0) is 55.3 Å². The fourth-order valence-electron chi connectivity index (χ4n) is 2.63. The highest BCUT2D eigenvalue weighted by molar-refractivity contribution is 6.30. The van der Waals surface area contributed by atoms with Gasteiger partial charge in [0.15, 0.2) is 0 Å². The van der Waals surface area contributed by atoms with Crippen LogP contribution in [0.5, 0.6) is 0 Å². The zero-order chi connectivity index (χ0) is 15.7. The van der Waals surface area contributed by atoms with Gasteiger partial charge in [0, 0.05) is 21.3 Å². The number of nitrogens with zero attached hydrogens (tertiary/aromatic N) is 2. The van der Waals surface area contributed by atoms with E-state index >= 15 is 0 Å². The average Bonchev–Trinajstić information content (AvgIpc) is 2.86. The van der Waals surface area contributed by atoms with Crippen LogP contribution >= 0.6 is 23.2 Å². The third-order valence-electron chi connectivity index (χ3n) is 3.73. The molecule has 2 aromatic carbocycles. The Kier molecular flexibility index (Phi) is 4.23. The highest BCUT2D eigenvalue weighted by Crippen LogP contribution is 2.30. The number of hydrogen-bond acceptors (Lipinski definition) is 1. The van der Waals surface area contributed by atoms with E-state index in [0.717, 1.165) is 39.1 Å². The third-order valence-corrected chi connectivity index (χ3v) is 4.23. The number of aromatic nitrogens is 2. The molecule has 1 heterocycles. The number of hydrogen-bond donors (Lipinski definition) is 0. The van der Waals surface area contributed by atoms with Gasteiger partial charge in [-0.25, -0.2) is 4.68 Å². The van der Waals surface area contributed by atoms with E-state index in [2.05, 4.69) is 13.8 Å². The Bertz CT molecular complexity index is 787. The van der Waals surface area contributed by atoms with Crippen molar-refractivity contribution in [1.82, 2.24) is 9.78 Å². The van der Waals surface area contributed by atoms with Gasteiger partial charge in [-0.2, -0.15) is 5.10 Å². The maximum absolute atomic E-state index is 6.00. The lowest BCUT2D eigenvalue weighted by atomic mass is 10.0. The summed E-state index contributed by atoms with van der Waals surface area (Å²) in [6.07, 6.45) is 0.874. The molecule has 0 atom stereocenters. The van der Waals surface area contributed by atoms with Gasteiger partial charge in [0.1, 0.15) is 0 Å². The SMILES string of the molecule is CCc1nn(-c2ccc(Cl)cc2)c(C)c1-c1ccc(Cl)cc1. The fraction of sp³-hybridized carbons (Fsp3) is 0.167. The van der Waals surface area contributed by atoms with Gasteiger partial charge >= 0.3 is 0 Å². The topological polar surface area (TPSA) is 17.8 Å². The Morgan fingerprint density at radius 3 is 2.00 bits per heavy atom. The van der Waals surface area contributed by atoms with Gasteiger partial charge in [-0.1, -0.05) is 42.3 Å². The molecule has 112 valence electrons. The summed E-state index contributed by atoms with van der Waals surface area (Å²) in [6.45, 7) is 4.21. The van der Waals surface area contributed by atoms with Crippen LogP contribution in [0.25, 0.3) is 16.8 Å². The molecule has 0 bridgehead atoms. The largest absolute Gasteiger partial charge is 0.237 e. The van der Waals surface area contributed by atoms with Gasteiger partial charge in [-0.3, -0.25) is 0 Å². The maximum Gasteiger partial charge on any atom is 0.0707 e. The molecule has 22 heavy (non-hydrogen) atoms. The van der Waals surface area contributed by atoms with E-state index in [1.165, 1.54) is 5.56 Å². The summed E-state index contributed by atoms with van der Waals surface area (Å²) in [6, 6.07) is 15.6. The molecule has 0 spiro atoms. The zero-order valence-electron chi connectivity index (χ0n) is 12.5. The maximum atomic E-state index is 6.00. The summed E-state index contributed by atoms with van der Waals surface area (Å²) in [5, 5.41) is 6.23. The van der Waals surface area contributed by atoms with Crippen molar-refractivity contribution in [3.63, 3.8) is 0 Å². The van der Waals surface area contributed by atoms with E-state index in [9.17, 15) is 0 Å². The highest BCUT2D eigenvalue weighted by Gasteiger charge is 2.16. The van der Waals surface area contributed by atoms with E-state index < -0.39 is 0 Å². The predicted molar refractivity (Wildman–Crippen MR) is 93.1 cm³/mol. The molecule has 3 aromatic rings. The first-order chi connectivity index (χ1) is 10.6. The molecule has 1 aromatic heterocycles. The summed E-state index contributed by atoms with van der Waals surface area (Å²) in [4.78, 5) is 0. The quantitative estimate of drug-likeness (QED) is 0.600. The Hall–Kier alpha value is -1.77. The first-order valence-corrected chi connectivity index (χ1v) is 7.96. The Balaban J connectivity index is 2.15. The van der Waals surface area contributed by atoms with Crippen LogP contribution in [0.4, 0.5) is 0 Å². The smallest absolute Gasteiger partial charge is 0.0707 e. The van der Waals surface area contributed by atoms with Crippen LogP contribution in [0, 0.1) is 6.92 Å². The van der Waals surface area contributed by atoms with Crippen LogP contribution in [-0.2, 0) is 6.42 Å². The molecule has 0 aliphatic rings. The monoisotopic (exact) mass is 330 g/mol. The fourth-order valence-corrected chi connectivity index (χ4v) is 2.89. The van der Waals surface area contributed by atoms with Crippen LogP contribution in [0.2, 0.25) is 10.0 Å². The minimum absolute atomic E-state index is 0.724. The van der Waals surface area contributed by atoms with Crippen molar-refractivity contribution in [2.45, 2.75) is 20.3 Å². The van der Waals surface area contributed by atoms with Gasteiger partial charge in [-0.15, -0.1) is 0 Å². The van der Waals surface area contributed by atoms with Crippen LogP contribution in [0.3, 0.4) is 0 Å². The molecule has 0 saturated carbocycles. The summed E-state index contributed by atoms with van der Waals surface area (Å²) in [5.41, 5.74) is 5.51. The van der Waals surface area contributed by atoms with Gasteiger partial charge in [0.05, 0.1) is 11.4 Å². The molecule has 2 nitrogen and oxygen atoms in total. The number of benzene rings is 2. The Morgan fingerprint density at radius 1 is 0.909 bits per heavy atom. The minimum Gasteiger partial charge on any atom is -0.237 e. The summed E-state index contributed by atoms with van der Waals surface area (Å²) < 4.78 is 1.97. The molecule has 0 aliphatic heterocycles. The van der Waals surface area contributed by atoms with Crippen molar-refractivity contribution >= 4 is 23.2 Å². The number of rotatable bonds is 3. The lowest BCUT2D eigenvalue weighted by molar-refractivity contribution is 0.818. The number of halogens is 2. The van der Waals surface area contributed by atoms with Crippen LogP contribution in [-0.4, -0.2) is 9.78 Å². The Morgan fingerprint density at radius 2 is 1.45 bits per heavy atom. The van der Waals surface area contributed by atoms with Crippen molar-refractivity contribution in [2.75, 3.05) is 0 Å².